The lowest BCUT2D eigenvalue weighted by molar-refractivity contribution is -0.123. The molecular weight excluding hydrogens is 446 g/mol. The van der Waals surface area contributed by atoms with E-state index in [1.54, 1.807) is 23.9 Å². The quantitative estimate of drug-likeness (QED) is 0.570. The molecule has 1 fully saturated rings. The summed E-state index contributed by atoms with van der Waals surface area (Å²) in [5.74, 6) is 0.902. The summed E-state index contributed by atoms with van der Waals surface area (Å²) in [6.07, 6.45) is 5.84. The molecule has 2 aliphatic heterocycles. The van der Waals surface area contributed by atoms with Crippen LogP contribution in [0, 0.1) is 0 Å². The number of carbonyl (C=O) groups is 2. The second kappa shape index (κ2) is 10.5. The molecule has 9 nitrogen and oxygen atoms in total. The Hall–Kier alpha value is -2.72. The summed E-state index contributed by atoms with van der Waals surface area (Å²) in [6, 6.07) is 2.63. The van der Waals surface area contributed by atoms with Crippen LogP contribution in [0.25, 0.3) is 10.9 Å². The zero-order valence-corrected chi connectivity index (χ0v) is 19.7. The van der Waals surface area contributed by atoms with Gasteiger partial charge in [-0.3, -0.25) is 14.4 Å². The first-order valence-electron chi connectivity index (χ1n) is 11.2. The van der Waals surface area contributed by atoms with Gasteiger partial charge in [-0.15, -0.1) is 0 Å². The van der Waals surface area contributed by atoms with Gasteiger partial charge >= 0.3 is 0 Å². The topological polar surface area (TPSA) is 108 Å². The molecule has 0 radical (unpaired) electrons. The maximum Gasteiger partial charge on any atom is 0.257 e. The third-order valence-corrected chi connectivity index (χ3v) is 6.56. The van der Waals surface area contributed by atoms with Gasteiger partial charge in [-0.2, -0.15) is 11.8 Å². The highest BCUT2D eigenvalue weighted by Crippen LogP contribution is 2.35. The highest BCUT2D eigenvalue weighted by Gasteiger charge is 2.26. The van der Waals surface area contributed by atoms with Crippen molar-refractivity contribution in [3.05, 3.63) is 34.1 Å². The number of aryl methyl sites for hydroxylation is 1. The molecule has 4 rings (SSSR count). The number of carbonyl (C=O) groups excluding carboxylic acids is 2. The number of nitrogens with one attached hydrogen (secondary N) is 2. The molecule has 2 amide bonds. The first-order chi connectivity index (χ1) is 16.0. The summed E-state index contributed by atoms with van der Waals surface area (Å²) in [6.45, 7) is 3.69. The van der Waals surface area contributed by atoms with E-state index in [4.69, 9.17) is 14.2 Å². The minimum atomic E-state index is -0.742. The van der Waals surface area contributed by atoms with Crippen molar-refractivity contribution in [1.82, 2.24) is 15.2 Å². The lowest BCUT2D eigenvalue weighted by Gasteiger charge is -2.20. The van der Waals surface area contributed by atoms with E-state index in [1.165, 1.54) is 6.20 Å². The van der Waals surface area contributed by atoms with Crippen LogP contribution >= 0.6 is 11.8 Å². The van der Waals surface area contributed by atoms with Crippen LogP contribution in [0.5, 0.6) is 11.5 Å². The van der Waals surface area contributed by atoms with Crippen molar-refractivity contribution in [2.45, 2.75) is 44.9 Å². The molecule has 0 bridgehead atoms. The number of thioether (sulfide) groups is 1. The fourth-order valence-electron chi connectivity index (χ4n) is 4.09. The van der Waals surface area contributed by atoms with Gasteiger partial charge in [-0.25, -0.2) is 0 Å². The van der Waals surface area contributed by atoms with Gasteiger partial charge in [-0.05, 0) is 44.3 Å². The normalized spacial score (nSPS) is 17.8. The predicted octanol–water partition coefficient (Wildman–Crippen LogP) is 1.90. The smallest absolute Gasteiger partial charge is 0.257 e. The van der Waals surface area contributed by atoms with Gasteiger partial charge in [0.1, 0.15) is 11.6 Å². The molecule has 0 aliphatic carbocycles. The summed E-state index contributed by atoms with van der Waals surface area (Å²) in [4.78, 5) is 39.2. The monoisotopic (exact) mass is 475 g/mol. The third-order valence-electron chi connectivity index (χ3n) is 5.92. The van der Waals surface area contributed by atoms with Gasteiger partial charge < -0.3 is 29.4 Å². The van der Waals surface area contributed by atoms with E-state index in [-0.39, 0.29) is 24.4 Å². The van der Waals surface area contributed by atoms with E-state index >= 15 is 0 Å². The molecule has 33 heavy (non-hydrogen) atoms. The van der Waals surface area contributed by atoms with E-state index in [0.29, 0.717) is 54.3 Å². The van der Waals surface area contributed by atoms with E-state index in [2.05, 4.69) is 10.6 Å². The predicted molar refractivity (Wildman–Crippen MR) is 126 cm³/mol. The SMILES string of the molecule is CCn1cc(C(=O)N[C@@H](CCSC)C(=O)NC[C@@H]2CCCO2)c(=O)c2cc3c(cc21)OCO3. The van der Waals surface area contributed by atoms with Gasteiger partial charge in [-0.1, -0.05) is 0 Å². The molecule has 3 heterocycles. The number of rotatable bonds is 9. The number of ether oxygens (including phenoxy) is 3. The Balaban J connectivity index is 1.57. The number of nitrogens with zero attached hydrogens (tertiary/aromatic N) is 1. The largest absolute Gasteiger partial charge is 0.454 e. The Bertz CT molecular complexity index is 1100. The lowest BCUT2D eigenvalue weighted by Crippen LogP contribution is -2.49. The molecule has 2 N–H and O–H groups in total. The molecule has 2 atom stereocenters. The van der Waals surface area contributed by atoms with Crippen LogP contribution in [0.1, 0.15) is 36.5 Å². The van der Waals surface area contributed by atoms with Crippen molar-refractivity contribution in [2.75, 3.05) is 32.0 Å². The van der Waals surface area contributed by atoms with Crippen molar-refractivity contribution in [3.63, 3.8) is 0 Å². The van der Waals surface area contributed by atoms with Crippen LogP contribution in [0.3, 0.4) is 0 Å². The van der Waals surface area contributed by atoms with Gasteiger partial charge in [0.2, 0.25) is 18.1 Å². The Morgan fingerprint density at radius 3 is 2.76 bits per heavy atom. The number of pyridine rings is 1. The molecular formula is C23H29N3O6S. The highest BCUT2D eigenvalue weighted by atomic mass is 32.2. The molecule has 0 spiro atoms. The van der Waals surface area contributed by atoms with Crippen molar-refractivity contribution >= 4 is 34.5 Å². The summed E-state index contributed by atoms with van der Waals surface area (Å²) in [7, 11) is 0. The number of amides is 2. The zero-order valence-electron chi connectivity index (χ0n) is 18.8. The summed E-state index contributed by atoms with van der Waals surface area (Å²) in [5.41, 5.74) is 0.245. The van der Waals surface area contributed by atoms with E-state index in [1.807, 2.05) is 17.7 Å². The average molecular weight is 476 g/mol. The van der Waals surface area contributed by atoms with Crippen LogP contribution < -0.4 is 25.5 Å². The van der Waals surface area contributed by atoms with Crippen LogP contribution in [0.4, 0.5) is 0 Å². The van der Waals surface area contributed by atoms with Crippen molar-refractivity contribution in [2.24, 2.45) is 0 Å². The molecule has 1 aromatic heterocycles. The molecule has 178 valence electrons. The highest BCUT2D eigenvalue weighted by molar-refractivity contribution is 7.98. The van der Waals surface area contributed by atoms with Crippen LogP contribution in [0.15, 0.2) is 23.1 Å². The van der Waals surface area contributed by atoms with Gasteiger partial charge in [0.25, 0.3) is 5.91 Å². The van der Waals surface area contributed by atoms with Crippen LogP contribution in [-0.2, 0) is 16.1 Å². The number of hydrogen-bond acceptors (Lipinski definition) is 7. The lowest BCUT2D eigenvalue weighted by atomic mass is 10.1. The van der Waals surface area contributed by atoms with Gasteiger partial charge in [0, 0.05) is 32.0 Å². The Morgan fingerprint density at radius 2 is 2.06 bits per heavy atom. The molecule has 10 heteroatoms. The van der Waals surface area contributed by atoms with Gasteiger partial charge in [0.05, 0.1) is 17.0 Å². The minimum absolute atomic E-state index is 0.00991. The summed E-state index contributed by atoms with van der Waals surface area (Å²) in [5, 5.41) is 6.03. The third kappa shape index (κ3) is 5.11. The molecule has 1 saturated heterocycles. The first-order valence-corrected chi connectivity index (χ1v) is 12.6. The Morgan fingerprint density at radius 1 is 1.27 bits per heavy atom. The molecule has 0 saturated carbocycles. The molecule has 0 unspecified atom stereocenters. The maximum absolute atomic E-state index is 13.2. The van der Waals surface area contributed by atoms with Crippen molar-refractivity contribution in [3.8, 4) is 11.5 Å². The van der Waals surface area contributed by atoms with E-state index in [0.717, 1.165) is 12.8 Å². The summed E-state index contributed by atoms with van der Waals surface area (Å²) < 4.78 is 18.2. The number of hydrogen-bond donors (Lipinski definition) is 2. The van der Waals surface area contributed by atoms with Gasteiger partial charge in [0.15, 0.2) is 11.5 Å². The zero-order chi connectivity index (χ0) is 23.4. The molecule has 2 aliphatic rings. The van der Waals surface area contributed by atoms with E-state index < -0.39 is 17.4 Å². The number of aromatic nitrogens is 1. The second-order valence-electron chi connectivity index (χ2n) is 8.07. The van der Waals surface area contributed by atoms with Crippen LogP contribution in [0.2, 0.25) is 0 Å². The maximum atomic E-state index is 13.2. The Labute approximate surface area is 196 Å². The fourth-order valence-corrected chi connectivity index (χ4v) is 4.56. The minimum Gasteiger partial charge on any atom is -0.454 e. The summed E-state index contributed by atoms with van der Waals surface area (Å²) >= 11 is 1.59. The number of benzene rings is 1. The second-order valence-corrected chi connectivity index (χ2v) is 9.05. The van der Waals surface area contributed by atoms with E-state index in [9.17, 15) is 14.4 Å². The number of fused-ring (bicyclic) bond motifs is 2. The standard InChI is InChI=1S/C23H29N3O6S/c1-3-26-12-16(21(27)15-9-19-20(10-18(15)26)32-13-31-19)22(28)25-17(6-8-33-2)23(29)24-11-14-5-4-7-30-14/h9-10,12,14,17H,3-8,11,13H2,1-2H3,(H,24,29)(H,25,28)/t14-,17-/m0/s1. The molecule has 2 aromatic rings. The molecule has 1 aromatic carbocycles. The van der Waals surface area contributed by atoms with Crippen LogP contribution in [-0.4, -0.2) is 60.5 Å². The Kier molecular flexibility index (Phi) is 7.44. The van der Waals surface area contributed by atoms with Crippen molar-refractivity contribution < 1.29 is 23.8 Å². The fraction of sp³-hybridized carbons (Fsp3) is 0.522. The average Bonchev–Trinajstić information content (AvgIpc) is 3.51. The van der Waals surface area contributed by atoms with Crippen molar-refractivity contribution in [1.29, 1.82) is 0 Å². The first kappa shape index (κ1) is 23.4.